The Morgan fingerprint density at radius 3 is 2.86 bits per heavy atom. The third-order valence-corrected chi connectivity index (χ3v) is 6.71. The van der Waals surface area contributed by atoms with Gasteiger partial charge in [-0.25, -0.2) is 9.97 Å². The molecule has 1 N–H and O–H groups in total. The number of rotatable bonds is 6. The zero-order valence-corrected chi connectivity index (χ0v) is 20.6. The molecule has 0 radical (unpaired) electrons. The minimum absolute atomic E-state index is 0.0898. The van der Waals surface area contributed by atoms with Gasteiger partial charge in [-0.15, -0.1) is 0 Å². The van der Waals surface area contributed by atoms with E-state index in [9.17, 15) is 9.59 Å². The van der Waals surface area contributed by atoms with Crippen molar-refractivity contribution >= 4 is 27.8 Å². The van der Waals surface area contributed by atoms with Crippen molar-refractivity contribution in [1.82, 2.24) is 29.6 Å². The van der Waals surface area contributed by atoms with E-state index in [0.29, 0.717) is 63.6 Å². The van der Waals surface area contributed by atoms with Crippen LogP contribution >= 0.6 is 0 Å². The van der Waals surface area contributed by atoms with Crippen LogP contribution in [-0.2, 0) is 18.3 Å². The van der Waals surface area contributed by atoms with E-state index in [1.54, 1.807) is 59.3 Å². The van der Waals surface area contributed by atoms with E-state index < -0.39 is 0 Å². The SMILES string of the molecule is Cc1nn(C)c2nc(-c3ccco3)cc(C(=O)N(Cc3nc4ccccc4c(=O)[nH]3)C[C@@H]3CCCO3)c12. The Morgan fingerprint density at radius 1 is 1.22 bits per heavy atom. The van der Waals surface area contributed by atoms with E-state index in [1.807, 2.05) is 13.0 Å². The maximum absolute atomic E-state index is 14.2. The van der Waals surface area contributed by atoms with Crippen LogP contribution in [0.15, 0.2) is 57.9 Å². The zero-order valence-electron chi connectivity index (χ0n) is 20.6. The first-order valence-electron chi connectivity index (χ1n) is 12.2. The molecule has 5 aromatic rings. The fourth-order valence-corrected chi connectivity index (χ4v) is 4.98. The number of nitrogens with zero attached hydrogens (tertiary/aromatic N) is 5. The maximum Gasteiger partial charge on any atom is 0.258 e. The van der Waals surface area contributed by atoms with Crippen molar-refractivity contribution in [3.8, 4) is 11.5 Å². The molecule has 0 bridgehead atoms. The second kappa shape index (κ2) is 9.29. The lowest BCUT2D eigenvalue weighted by molar-refractivity contribution is 0.0502. The molecule has 1 aliphatic heterocycles. The number of carbonyl (C=O) groups is 1. The van der Waals surface area contributed by atoms with Crippen molar-refractivity contribution in [1.29, 1.82) is 0 Å². The summed E-state index contributed by atoms with van der Waals surface area (Å²) < 4.78 is 13.1. The lowest BCUT2D eigenvalue weighted by atomic mass is 10.1. The van der Waals surface area contributed by atoms with Crippen molar-refractivity contribution in [2.24, 2.45) is 7.05 Å². The first-order chi connectivity index (χ1) is 18.0. The summed E-state index contributed by atoms with van der Waals surface area (Å²) in [5.74, 6) is 0.748. The second-order valence-electron chi connectivity index (χ2n) is 9.29. The first-order valence-corrected chi connectivity index (χ1v) is 12.2. The van der Waals surface area contributed by atoms with Crippen LogP contribution in [0.2, 0.25) is 0 Å². The van der Waals surface area contributed by atoms with Crippen LogP contribution in [0.5, 0.6) is 0 Å². The molecule has 188 valence electrons. The average molecular weight is 499 g/mol. The van der Waals surface area contributed by atoms with E-state index in [-0.39, 0.29) is 24.1 Å². The molecule has 10 heteroatoms. The van der Waals surface area contributed by atoms with Gasteiger partial charge in [0, 0.05) is 20.2 Å². The highest BCUT2D eigenvalue weighted by Gasteiger charge is 2.28. The van der Waals surface area contributed by atoms with Gasteiger partial charge in [0.1, 0.15) is 11.5 Å². The van der Waals surface area contributed by atoms with Gasteiger partial charge in [-0.05, 0) is 50.1 Å². The van der Waals surface area contributed by atoms with E-state index in [2.05, 4.69) is 15.1 Å². The van der Waals surface area contributed by atoms with Gasteiger partial charge in [-0.3, -0.25) is 14.3 Å². The molecule has 1 atom stereocenters. The molecule has 1 aliphatic rings. The van der Waals surface area contributed by atoms with E-state index in [1.165, 1.54) is 0 Å². The van der Waals surface area contributed by atoms with Crippen LogP contribution in [0.1, 0.15) is 34.7 Å². The number of pyridine rings is 1. The van der Waals surface area contributed by atoms with Crippen LogP contribution in [0.3, 0.4) is 0 Å². The summed E-state index contributed by atoms with van der Waals surface area (Å²) in [5, 5.41) is 5.70. The monoisotopic (exact) mass is 498 g/mol. The number of furan rings is 1. The van der Waals surface area contributed by atoms with E-state index in [4.69, 9.17) is 14.1 Å². The fourth-order valence-electron chi connectivity index (χ4n) is 4.98. The molecule has 1 saturated heterocycles. The molecule has 1 fully saturated rings. The smallest absolute Gasteiger partial charge is 0.258 e. The van der Waals surface area contributed by atoms with Crippen LogP contribution < -0.4 is 5.56 Å². The Morgan fingerprint density at radius 2 is 2.08 bits per heavy atom. The summed E-state index contributed by atoms with van der Waals surface area (Å²) in [6.45, 7) is 3.02. The molecular formula is C27H26N6O4. The Hall–Kier alpha value is -4.31. The fraction of sp³-hybridized carbons (Fsp3) is 0.296. The lowest BCUT2D eigenvalue weighted by Crippen LogP contribution is -2.38. The Labute approximate surface area is 211 Å². The minimum Gasteiger partial charge on any atom is -0.463 e. The summed E-state index contributed by atoms with van der Waals surface area (Å²) in [6, 6.07) is 12.5. The Balaban J connectivity index is 1.45. The van der Waals surface area contributed by atoms with Crippen molar-refractivity contribution < 1.29 is 13.9 Å². The topological polar surface area (TPSA) is 119 Å². The van der Waals surface area contributed by atoms with Crippen LogP contribution in [-0.4, -0.2) is 54.8 Å². The number of fused-ring (bicyclic) bond motifs is 2. The number of H-pyrrole nitrogens is 1. The molecule has 37 heavy (non-hydrogen) atoms. The average Bonchev–Trinajstić information content (AvgIpc) is 3.66. The zero-order chi connectivity index (χ0) is 25.5. The lowest BCUT2D eigenvalue weighted by Gasteiger charge is -2.25. The number of aromatic amines is 1. The van der Waals surface area contributed by atoms with Crippen molar-refractivity contribution in [2.45, 2.75) is 32.4 Å². The van der Waals surface area contributed by atoms with Gasteiger partial charge in [-0.2, -0.15) is 5.10 Å². The summed E-state index contributed by atoms with van der Waals surface area (Å²) >= 11 is 0. The number of hydrogen-bond donors (Lipinski definition) is 1. The molecule has 10 nitrogen and oxygen atoms in total. The molecule has 0 unspecified atom stereocenters. The molecule has 0 saturated carbocycles. The number of aryl methyl sites for hydroxylation is 2. The van der Waals surface area contributed by atoms with Crippen molar-refractivity contribution in [2.75, 3.05) is 13.2 Å². The standard InChI is InChI=1S/C27H26N6O4/c1-16-24-19(13-21(22-10-6-12-37-22)29-25(24)32(2)31-16)27(35)33(14-17-7-5-11-36-17)15-23-28-20-9-4-3-8-18(20)26(34)30-23/h3-4,6,8-10,12-13,17H,5,7,11,14-15H2,1-2H3,(H,28,30,34)/t17-/m0/s1. The summed E-state index contributed by atoms with van der Waals surface area (Å²) in [6.07, 6.45) is 3.29. The molecule has 1 amide bonds. The third-order valence-electron chi connectivity index (χ3n) is 6.71. The van der Waals surface area contributed by atoms with Crippen molar-refractivity contribution in [3.63, 3.8) is 0 Å². The van der Waals surface area contributed by atoms with Gasteiger partial charge in [-0.1, -0.05) is 12.1 Å². The number of nitrogens with one attached hydrogen (secondary N) is 1. The van der Waals surface area contributed by atoms with E-state index >= 15 is 0 Å². The van der Waals surface area contributed by atoms with Gasteiger partial charge >= 0.3 is 0 Å². The molecule has 1 aromatic carbocycles. The third kappa shape index (κ3) is 4.29. The van der Waals surface area contributed by atoms with Crippen molar-refractivity contribution in [3.05, 3.63) is 76.2 Å². The number of benzene rings is 1. The van der Waals surface area contributed by atoms with Gasteiger partial charge in [0.25, 0.3) is 11.5 Å². The largest absolute Gasteiger partial charge is 0.463 e. The summed E-state index contributed by atoms with van der Waals surface area (Å²) in [5.41, 5.74) is 2.64. The molecule has 0 aliphatic carbocycles. The first kappa shape index (κ1) is 23.1. The molecule has 4 aromatic heterocycles. The van der Waals surface area contributed by atoms with Crippen LogP contribution in [0.25, 0.3) is 33.4 Å². The Bertz CT molecular complexity index is 1660. The second-order valence-corrected chi connectivity index (χ2v) is 9.29. The van der Waals surface area contributed by atoms with Crippen LogP contribution in [0.4, 0.5) is 0 Å². The number of hydrogen-bond acceptors (Lipinski definition) is 7. The number of ether oxygens (including phenoxy) is 1. The predicted molar refractivity (Wildman–Crippen MR) is 137 cm³/mol. The van der Waals surface area contributed by atoms with Gasteiger partial charge in [0.05, 0.1) is 46.5 Å². The van der Waals surface area contributed by atoms with Gasteiger partial charge in [0.15, 0.2) is 11.4 Å². The van der Waals surface area contributed by atoms with Gasteiger partial charge < -0.3 is 19.0 Å². The molecule has 0 spiro atoms. The Kier molecular flexibility index (Phi) is 5.80. The highest BCUT2D eigenvalue weighted by atomic mass is 16.5. The minimum atomic E-state index is -0.236. The van der Waals surface area contributed by atoms with E-state index in [0.717, 1.165) is 12.8 Å². The highest BCUT2D eigenvalue weighted by Crippen LogP contribution is 2.29. The molecular weight excluding hydrogens is 472 g/mol. The normalized spacial score (nSPS) is 15.6. The number of para-hydroxylation sites is 1. The maximum atomic E-state index is 14.2. The number of aromatic nitrogens is 5. The summed E-state index contributed by atoms with van der Waals surface area (Å²) in [4.78, 5) is 40.9. The quantitative estimate of drug-likeness (QED) is 0.380. The summed E-state index contributed by atoms with van der Waals surface area (Å²) in [7, 11) is 1.80. The molecule has 6 rings (SSSR count). The van der Waals surface area contributed by atoms with Crippen LogP contribution in [0, 0.1) is 6.92 Å². The molecule has 5 heterocycles. The van der Waals surface area contributed by atoms with Gasteiger partial charge in [0.2, 0.25) is 0 Å². The predicted octanol–water partition coefficient (Wildman–Crippen LogP) is 3.59. The number of carbonyl (C=O) groups excluding carboxylic acids is 1. The highest BCUT2D eigenvalue weighted by molar-refractivity contribution is 6.07. The number of amides is 1.